The molecule has 0 spiro atoms. The van der Waals surface area contributed by atoms with Gasteiger partial charge in [0, 0.05) is 48.6 Å². The van der Waals surface area contributed by atoms with E-state index in [4.69, 9.17) is 0 Å². The monoisotopic (exact) mass is 438 g/mol. The zero-order valence-corrected chi connectivity index (χ0v) is 17.9. The molecule has 0 aromatic heterocycles. The predicted octanol–water partition coefficient (Wildman–Crippen LogP) is 5.72. The number of likely N-dealkylation sites (tertiary alicyclic amines) is 1. The van der Waals surface area contributed by atoms with Gasteiger partial charge >= 0.3 is 0 Å². The summed E-state index contributed by atoms with van der Waals surface area (Å²) in [5, 5.41) is 0. The number of carbonyl (C=O) groups is 1. The van der Waals surface area contributed by atoms with Gasteiger partial charge in [0.15, 0.2) is 0 Å². The van der Waals surface area contributed by atoms with Crippen molar-refractivity contribution in [1.82, 2.24) is 4.90 Å². The van der Waals surface area contributed by atoms with Gasteiger partial charge in [-0.2, -0.15) is 0 Å². The summed E-state index contributed by atoms with van der Waals surface area (Å²) in [4.78, 5) is 17.3. The van der Waals surface area contributed by atoms with Crippen molar-refractivity contribution in [2.24, 2.45) is 0 Å². The number of amides is 1. The van der Waals surface area contributed by atoms with Crippen molar-refractivity contribution < 1.29 is 18.0 Å². The van der Waals surface area contributed by atoms with Gasteiger partial charge in [-0.15, -0.1) is 0 Å². The summed E-state index contributed by atoms with van der Waals surface area (Å²) >= 11 is 0. The lowest BCUT2D eigenvalue weighted by Crippen LogP contribution is -2.47. The van der Waals surface area contributed by atoms with Crippen LogP contribution in [0.15, 0.2) is 66.7 Å². The summed E-state index contributed by atoms with van der Waals surface area (Å²) in [6, 6.07) is 17.0. The lowest BCUT2D eigenvalue weighted by molar-refractivity contribution is 0.0958. The summed E-state index contributed by atoms with van der Waals surface area (Å²) < 4.78 is 40.7. The number of aryl methyl sites for hydroxylation is 1. The molecule has 4 rings (SSSR count). The van der Waals surface area contributed by atoms with Crippen LogP contribution in [-0.2, 0) is 6.54 Å². The Hall–Kier alpha value is -3.12. The van der Waals surface area contributed by atoms with Crippen LogP contribution in [0.4, 0.5) is 18.9 Å². The molecule has 3 aromatic carbocycles. The third kappa shape index (κ3) is 5.02. The maximum Gasteiger partial charge on any atom is 0.258 e. The molecule has 1 aliphatic heterocycles. The van der Waals surface area contributed by atoms with Crippen molar-refractivity contribution in [3.05, 3.63) is 101 Å². The van der Waals surface area contributed by atoms with Crippen molar-refractivity contribution in [2.75, 3.05) is 18.0 Å². The molecular weight excluding hydrogens is 413 g/mol. The number of nitrogens with zero attached hydrogens (tertiary/aromatic N) is 2. The topological polar surface area (TPSA) is 23.6 Å². The second-order valence-corrected chi connectivity index (χ2v) is 8.26. The van der Waals surface area contributed by atoms with Crippen molar-refractivity contribution in [2.45, 2.75) is 32.4 Å². The molecule has 1 heterocycles. The number of halogens is 3. The van der Waals surface area contributed by atoms with Crippen molar-refractivity contribution in [1.29, 1.82) is 0 Å². The Morgan fingerprint density at radius 3 is 2.16 bits per heavy atom. The van der Waals surface area contributed by atoms with E-state index in [2.05, 4.69) is 4.90 Å². The average molecular weight is 438 g/mol. The molecule has 0 atom stereocenters. The Kier molecular flexibility index (Phi) is 6.61. The summed E-state index contributed by atoms with van der Waals surface area (Å²) in [6.45, 7) is 3.69. The van der Waals surface area contributed by atoms with Gasteiger partial charge in [-0.25, -0.2) is 13.2 Å². The molecule has 0 bridgehead atoms. The Balaban J connectivity index is 1.51. The maximum atomic E-state index is 14.0. The molecule has 0 aliphatic carbocycles. The van der Waals surface area contributed by atoms with E-state index in [-0.39, 0.29) is 17.8 Å². The quantitative estimate of drug-likeness (QED) is 0.508. The molecule has 6 heteroatoms. The lowest BCUT2D eigenvalue weighted by atomic mass is 10.00. The SMILES string of the molecule is Cc1ccc(C(=O)N(c2ccc(F)cc2)C2CCN(Cc3ccc(F)cc3F)CC2)cc1. The van der Waals surface area contributed by atoms with Gasteiger partial charge in [0.2, 0.25) is 0 Å². The molecule has 1 saturated heterocycles. The highest BCUT2D eigenvalue weighted by atomic mass is 19.1. The maximum absolute atomic E-state index is 14.0. The van der Waals surface area contributed by atoms with E-state index in [1.54, 1.807) is 29.2 Å². The Labute approximate surface area is 186 Å². The minimum absolute atomic E-state index is 0.0661. The molecule has 3 nitrogen and oxygen atoms in total. The summed E-state index contributed by atoms with van der Waals surface area (Å²) in [5.41, 5.74) is 2.75. The first kappa shape index (κ1) is 22.1. The van der Waals surface area contributed by atoms with Gasteiger partial charge in [0.25, 0.3) is 5.91 Å². The molecule has 1 amide bonds. The number of carbonyl (C=O) groups excluding carboxylic acids is 1. The Bertz CT molecular complexity index is 1080. The summed E-state index contributed by atoms with van der Waals surface area (Å²) in [6.07, 6.45) is 1.38. The number of hydrogen-bond acceptors (Lipinski definition) is 2. The zero-order valence-electron chi connectivity index (χ0n) is 17.9. The highest BCUT2D eigenvalue weighted by molar-refractivity contribution is 6.06. The Morgan fingerprint density at radius 2 is 1.53 bits per heavy atom. The second kappa shape index (κ2) is 9.57. The molecule has 32 heavy (non-hydrogen) atoms. The number of rotatable bonds is 5. The lowest BCUT2D eigenvalue weighted by Gasteiger charge is -2.38. The van der Waals surface area contributed by atoms with E-state index in [1.807, 2.05) is 19.1 Å². The van der Waals surface area contributed by atoms with Crippen molar-refractivity contribution >= 4 is 11.6 Å². The van der Waals surface area contributed by atoms with Crippen LogP contribution in [0, 0.1) is 24.4 Å². The van der Waals surface area contributed by atoms with Crippen LogP contribution < -0.4 is 4.90 Å². The van der Waals surface area contributed by atoms with Gasteiger partial charge in [-0.05, 0) is 62.2 Å². The molecule has 166 valence electrons. The smallest absolute Gasteiger partial charge is 0.258 e. The van der Waals surface area contributed by atoms with E-state index >= 15 is 0 Å². The number of hydrogen-bond donors (Lipinski definition) is 0. The van der Waals surface area contributed by atoms with Crippen molar-refractivity contribution in [3.8, 4) is 0 Å². The van der Waals surface area contributed by atoms with Crippen LogP contribution in [0.5, 0.6) is 0 Å². The average Bonchev–Trinajstić information content (AvgIpc) is 2.78. The van der Waals surface area contributed by atoms with Crippen LogP contribution in [0.25, 0.3) is 0 Å². The molecular formula is C26H25F3N2O. The molecule has 1 fully saturated rings. The third-order valence-corrected chi connectivity index (χ3v) is 5.95. The first-order valence-corrected chi connectivity index (χ1v) is 10.7. The van der Waals surface area contributed by atoms with E-state index < -0.39 is 11.6 Å². The molecule has 1 aliphatic rings. The fourth-order valence-corrected chi connectivity index (χ4v) is 4.16. The molecule has 0 N–H and O–H groups in total. The number of anilines is 1. The second-order valence-electron chi connectivity index (χ2n) is 8.26. The zero-order chi connectivity index (χ0) is 22.7. The first-order valence-electron chi connectivity index (χ1n) is 10.7. The molecule has 0 saturated carbocycles. The van der Waals surface area contributed by atoms with E-state index in [9.17, 15) is 18.0 Å². The van der Waals surface area contributed by atoms with Gasteiger partial charge in [0.05, 0.1) is 0 Å². The van der Waals surface area contributed by atoms with Crippen LogP contribution in [0.2, 0.25) is 0 Å². The van der Waals surface area contributed by atoms with E-state index in [0.717, 1.165) is 11.6 Å². The molecule has 3 aromatic rings. The largest absolute Gasteiger partial charge is 0.305 e. The molecule has 0 radical (unpaired) electrons. The third-order valence-electron chi connectivity index (χ3n) is 5.95. The Morgan fingerprint density at radius 1 is 0.906 bits per heavy atom. The number of piperidine rings is 1. The van der Waals surface area contributed by atoms with Crippen LogP contribution >= 0.6 is 0 Å². The minimum Gasteiger partial charge on any atom is -0.305 e. The fraction of sp³-hybridized carbons (Fsp3) is 0.269. The number of benzene rings is 3. The van der Waals surface area contributed by atoms with Crippen LogP contribution in [0.3, 0.4) is 0 Å². The highest BCUT2D eigenvalue weighted by Gasteiger charge is 2.30. The van der Waals surface area contributed by atoms with Crippen LogP contribution in [0.1, 0.15) is 34.3 Å². The van der Waals surface area contributed by atoms with Gasteiger partial charge in [-0.1, -0.05) is 23.8 Å². The minimum atomic E-state index is -0.588. The standard InChI is InChI=1S/C26H25F3N2O/c1-18-2-4-19(5-3-18)26(32)31(23-10-8-21(27)9-11-23)24-12-14-30(15-13-24)17-20-6-7-22(28)16-25(20)29/h2-11,16,24H,12-15,17H2,1H3. The van der Waals surface area contributed by atoms with Crippen LogP contribution in [-0.4, -0.2) is 29.9 Å². The summed E-state index contributed by atoms with van der Waals surface area (Å²) in [5.74, 6) is -1.61. The van der Waals surface area contributed by atoms with Gasteiger partial charge in [-0.3, -0.25) is 9.69 Å². The normalized spacial score (nSPS) is 15.0. The molecule has 0 unspecified atom stereocenters. The predicted molar refractivity (Wildman–Crippen MR) is 119 cm³/mol. The first-order chi connectivity index (χ1) is 15.4. The van der Waals surface area contributed by atoms with Crippen molar-refractivity contribution in [3.63, 3.8) is 0 Å². The highest BCUT2D eigenvalue weighted by Crippen LogP contribution is 2.27. The fourth-order valence-electron chi connectivity index (χ4n) is 4.16. The van der Waals surface area contributed by atoms with Gasteiger partial charge in [0.1, 0.15) is 17.5 Å². The van der Waals surface area contributed by atoms with Gasteiger partial charge < -0.3 is 4.90 Å². The van der Waals surface area contributed by atoms with E-state index in [1.165, 1.54) is 24.3 Å². The van der Waals surface area contributed by atoms with E-state index in [0.29, 0.717) is 49.3 Å². The summed E-state index contributed by atoms with van der Waals surface area (Å²) in [7, 11) is 0.